The van der Waals surface area contributed by atoms with Gasteiger partial charge in [-0.1, -0.05) is 6.92 Å². The van der Waals surface area contributed by atoms with Crippen molar-refractivity contribution in [3.8, 4) is 0 Å². The van der Waals surface area contributed by atoms with Crippen LogP contribution < -0.4 is 0 Å². The van der Waals surface area contributed by atoms with E-state index in [1.807, 2.05) is 0 Å². The second-order valence-corrected chi connectivity index (χ2v) is 6.56. The number of ketones is 4. The second kappa shape index (κ2) is 9.36. The number of hydrogen-bond acceptors (Lipinski definition) is 8. The predicted molar refractivity (Wildman–Crippen MR) is 101 cm³/mol. The van der Waals surface area contributed by atoms with Crippen molar-refractivity contribution in [2.45, 2.75) is 26.2 Å². The van der Waals surface area contributed by atoms with Gasteiger partial charge in [0.25, 0.3) is 0 Å². The van der Waals surface area contributed by atoms with Gasteiger partial charge in [-0.3, -0.25) is 19.2 Å². The lowest BCUT2D eigenvalue weighted by molar-refractivity contribution is -0.120. The summed E-state index contributed by atoms with van der Waals surface area (Å²) < 4.78 is 20.2. The number of ether oxygens (including phenoxy) is 4. The van der Waals surface area contributed by atoms with E-state index in [2.05, 4.69) is 0 Å². The van der Waals surface area contributed by atoms with Crippen LogP contribution in [-0.4, -0.2) is 51.6 Å². The maximum atomic E-state index is 12.6. The lowest BCUT2D eigenvalue weighted by atomic mass is 9.85. The van der Waals surface area contributed by atoms with Crippen LogP contribution in [0.1, 0.15) is 26.2 Å². The molecule has 0 radical (unpaired) electrons. The molecule has 8 nitrogen and oxygen atoms in total. The van der Waals surface area contributed by atoms with E-state index in [4.69, 9.17) is 18.9 Å². The average Bonchev–Trinajstić information content (AvgIpc) is 2.70. The zero-order valence-electron chi connectivity index (χ0n) is 17.1. The zero-order chi connectivity index (χ0) is 21.7. The van der Waals surface area contributed by atoms with Gasteiger partial charge in [-0.05, 0) is 25.2 Å². The summed E-state index contributed by atoms with van der Waals surface area (Å²) >= 11 is 0. The van der Waals surface area contributed by atoms with Gasteiger partial charge in [0.1, 0.15) is 0 Å². The number of carbonyl (C=O) groups is 4. The van der Waals surface area contributed by atoms with E-state index >= 15 is 0 Å². The van der Waals surface area contributed by atoms with Gasteiger partial charge < -0.3 is 18.9 Å². The number of methoxy groups -OCH3 is 4. The van der Waals surface area contributed by atoms with Crippen molar-refractivity contribution in [2.75, 3.05) is 28.4 Å². The maximum Gasteiger partial charge on any atom is 0.227 e. The van der Waals surface area contributed by atoms with E-state index in [1.54, 1.807) is 6.92 Å². The van der Waals surface area contributed by atoms with Crippen LogP contribution in [0.5, 0.6) is 0 Å². The smallest absolute Gasteiger partial charge is 0.227 e. The normalized spacial score (nSPS) is 18.5. The Morgan fingerprint density at radius 1 is 0.759 bits per heavy atom. The Bertz CT molecular complexity index is 869. The summed E-state index contributed by atoms with van der Waals surface area (Å²) in [5.41, 5.74) is 0.467. The molecule has 2 aliphatic carbocycles. The standard InChI is InChI=1S/C21H24O8/c1-11(17-19(25)16(27-3)10-14(23)21(17)29-5)7-6-8-12-18(24)15(26-2)9-13(22)20(12)28-4/h9-11H,6-8H2,1-5H3. The SMILES string of the molecule is COC1=CC(=O)C(OC)=C(CCCC(C)C2=C(OC)C(=O)C=C(OC)C2=O)C1=O. The highest BCUT2D eigenvalue weighted by Gasteiger charge is 2.34. The monoisotopic (exact) mass is 404 g/mol. The Morgan fingerprint density at radius 2 is 1.28 bits per heavy atom. The topological polar surface area (TPSA) is 105 Å². The van der Waals surface area contributed by atoms with E-state index in [-0.39, 0.29) is 46.5 Å². The van der Waals surface area contributed by atoms with Gasteiger partial charge in [-0.15, -0.1) is 0 Å². The van der Waals surface area contributed by atoms with Crippen LogP contribution in [0.3, 0.4) is 0 Å². The lowest BCUT2D eigenvalue weighted by Crippen LogP contribution is -2.25. The summed E-state index contributed by atoms with van der Waals surface area (Å²) in [6.45, 7) is 1.79. The minimum atomic E-state index is -0.432. The van der Waals surface area contributed by atoms with Crippen LogP contribution in [0, 0.1) is 5.92 Å². The van der Waals surface area contributed by atoms with Crippen molar-refractivity contribution in [3.63, 3.8) is 0 Å². The summed E-state index contributed by atoms with van der Waals surface area (Å²) in [4.78, 5) is 49.4. The zero-order valence-corrected chi connectivity index (χ0v) is 17.1. The van der Waals surface area contributed by atoms with E-state index < -0.39 is 23.1 Å². The minimum Gasteiger partial charge on any atom is -0.493 e. The van der Waals surface area contributed by atoms with Crippen molar-refractivity contribution in [2.24, 2.45) is 5.92 Å². The summed E-state index contributed by atoms with van der Waals surface area (Å²) in [7, 11) is 5.30. The van der Waals surface area contributed by atoms with E-state index in [0.29, 0.717) is 12.8 Å². The number of carbonyl (C=O) groups excluding carboxylic acids is 4. The Labute approximate surface area is 168 Å². The Kier molecular flexibility index (Phi) is 7.14. The highest BCUT2D eigenvalue weighted by Crippen LogP contribution is 2.31. The molecule has 0 aromatic rings. The summed E-state index contributed by atoms with van der Waals surface area (Å²) in [5, 5.41) is 0. The van der Waals surface area contributed by atoms with Gasteiger partial charge in [0.15, 0.2) is 23.0 Å². The number of Topliss-reactive ketones (excluding diaryl/α,β-unsaturated/α-hetero) is 2. The molecule has 0 saturated heterocycles. The summed E-state index contributed by atoms with van der Waals surface area (Å²) in [5.74, 6) is -2.08. The first-order chi connectivity index (χ1) is 13.8. The Morgan fingerprint density at radius 3 is 1.79 bits per heavy atom. The van der Waals surface area contributed by atoms with Crippen LogP contribution in [-0.2, 0) is 38.1 Å². The fourth-order valence-corrected chi connectivity index (χ4v) is 3.41. The third-order valence-corrected chi connectivity index (χ3v) is 4.86. The predicted octanol–water partition coefficient (Wildman–Crippen LogP) is 1.96. The second-order valence-electron chi connectivity index (χ2n) is 6.56. The van der Waals surface area contributed by atoms with Gasteiger partial charge in [0.05, 0.1) is 34.0 Å². The highest BCUT2D eigenvalue weighted by molar-refractivity contribution is 6.21. The van der Waals surface area contributed by atoms with Gasteiger partial charge in [-0.25, -0.2) is 0 Å². The molecule has 0 amide bonds. The van der Waals surface area contributed by atoms with Gasteiger partial charge in [-0.2, -0.15) is 0 Å². The molecule has 2 rings (SSSR count). The van der Waals surface area contributed by atoms with Crippen molar-refractivity contribution in [1.29, 1.82) is 0 Å². The van der Waals surface area contributed by atoms with Crippen LogP contribution in [0.15, 0.2) is 46.3 Å². The molecule has 0 bridgehead atoms. The van der Waals surface area contributed by atoms with E-state index in [9.17, 15) is 19.2 Å². The summed E-state index contributed by atoms with van der Waals surface area (Å²) in [6, 6.07) is 0. The van der Waals surface area contributed by atoms with E-state index in [0.717, 1.165) is 12.2 Å². The molecular formula is C21H24O8. The van der Waals surface area contributed by atoms with Crippen molar-refractivity contribution in [1.82, 2.24) is 0 Å². The molecule has 1 unspecified atom stereocenters. The molecule has 0 fully saturated rings. The summed E-state index contributed by atoms with van der Waals surface area (Å²) in [6.07, 6.45) is 3.40. The third-order valence-electron chi connectivity index (χ3n) is 4.86. The molecular weight excluding hydrogens is 380 g/mol. The molecule has 0 spiro atoms. The Hall–Kier alpha value is -3.16. The van der Waals surface area contributed by atoms with Gasteiger partial charge in [0.2, 0.25) is 23.1 Å². The van der Waals surface area contributed by atoms with Crippen molar-refractivity contribution in [3.05, 3.63) is 46.3 Å². The molecule has 2 aliphatic rings. The molecule has 0 aromatic carbocycles. The first-order valence-corrected chi connectivity index (χ1v) is 9.05. The van der Waals surface area contributed by atoms with Crippen LogP contribution in [0.4, 0.5) is 0 Å². The quantitative estimate of drug-likeness (QED) is 0.537. The van der Waals surface area contributed by atoms with Crippen molar-refractivity contribution < 1.29 is 38.1 Å². The minimum absolute atomic E-state index is 0.00577. The lowest BCUT2D eigenvalue weighted by Gasteiger charge is -2.22. The van der Waals surface area contributed by atoms with Crippen molar-refractivity contribution >= 4 is 23.1 Å². The average molecular weight is 404 g/mol. The Balaban J connectivity index is 2.17. The highest BCUT2D eigenvalue weighted by atomic mass is 16.5. The largest absolute Gasteiger partial charge is 0.493 e. The fraction of sp³-hybridized carbons (Fsp3) is 0.429. The first kappa shape index (κ1) is 22.1. The molecule has 0 aliphatic heterocycles. The molecule has 1 atom stereocenters. The molecule has 0 aromatic heterocycles. The van der Waals surface area contributed by atoms with E-state index in [1.165, 1.54) is 28.4 Å². The molecule has 156 valence electrons. The molecule has 0 saturated carbocycles. The molecule has 0 heterocycles. The fourth-order valence-electron chi connectivity index (χ4n) is 3.41. The molecule has 29 heavy (non-hydrogen) atoms. The maximum absolute atomic E-state index is 12.6. The van der Waals surface area contributed by atoms with Gasteiger partial charge in [0, 0.05) is 17.7 Å². The third kappa shape index (κ3) is 4.31. The van der Waals surface area contributed by atoms with Crippen LogP contribution >= 0.6 is 0 Å². The van der Waals surface area contributed by atoms with Gasteiger partial charge >= 0.3 is 0 Å². The number of allylic oxidation sites excluding steroid dienone is 4. The number of hydrogen-bond donors (Lipinski definition) is 0. The first-order valence-electron chi connectivity index (χ1n) is 9.05. The molecule has 8 heteroatoms. The van der Waals surface area contributed by atoms with Crippen LogP contribution in [0.25, 0.3) is 0 Å². The molecule has 0 N–H and O–H groups in total. The van der Waals surface area contributed by atoms with Crippen LogP contribution in [0.2, 0.25) is 0 Å². The number of rotatable bonds is 9.